The van der Waals surface area contributed by atoms with E-state index in [1.54, 1.807) is 25.2 Å². The second-order valence-corrected chi connectivity index (χ2v) is 6.77. The van der Waals surface area contributed by atoms with Crippen LogP contribution in [0.5, 0.6) is 0 Å². The lowest BCUT2D eigenvalue weighted by molar-refractivity contribution is 0.0983. The standard InChI is InChI=1S/C22H18FN3O3/c1-14-3-9-18(29-14)12-26(17-7-5-16(23)6-8-17)21(27)15-4-10-20-19(11-15)22(28)25(2)13-24-20/h3-11,13H,12H2,1-2H3. The lowest BCUT2D eigenvalue weighted by atomic mass is 10.1. The highest BCUT2D eigenvalue weighted by Gasteiger charge is 2.21. The molecule has 0 unspecified atom stereocenters. The van der Waals surface area contributed by atoms with Crippen LogP contribution in [-0.4, -0.2) is 15.5 Å². The zero-order chi connectivity index (χ0) is 20.5. The van der Waals surface area contributed by atoms with E-state index in [1.165, 1.54) is 46.1 Å². The first-order valence-electron chi connectivity index (χ1n) is 9.00. The number of furan rings is 1. The van der Waals surface area contributed by atoms with Gasteiger partial charge in [0.15, 0.2) is 0 Å². The predicted molar refractivity (Wildman–Crippen MR) is 107 cm³/mol. The van der Waals surface area contributed by atoms with Gasteiger partial charge in [-0.1, -0.05) is 0 Å². The van der Waals surface area contributed by atoms with Gasteiger partial charge in [0, 0.05) is 18.3 Å². The fraction of sp³-hybridized carbons (Fsp3) is 0.136. The van der Waals surface area contributed by atoms with Gasteiger partial charge in [-0.25, -0.2) is 9.37 Å². The van der Waals surface area contributed by atoms with Gasteiger partial charge in [-0.3, -0.25) is 9.59 Å². The van der Waals surface area contributed by atoms with Crippen molar-refractivity contribution in [2.45, 2.75) is 13.5 Å². The van der Waals surface area contributed by atoms with Crippen LogP contribution in [0.15, 0.2) is 70.1 Å². The molecule has 2 heterocycles. The first-order chi connectivity index (χ1) is 13.9. The van der Waals surface area contributed by atoms with Crippen molar-refractivity contribution >= 4 is 22.5 Å². The molecule has 146 valence electrons. The van der Waals surface area contributed by atoms with Crippen LogP contribution in [0.1, 0.15) is 21.9 Å². The molecular weight excluding hydrogens is 373 g/mol. The lowest BCUT2D eigenvalue weighted by Crippen LogP contribution is -2.30. The minimum Gasteiger partial charge on any atom is -0.464 e. The maximum atomic E-state index is 13.4. The smallest absolute Gasteiger partial charge is 0.260 e. The van der Waals surface area contributed by atoms with Crippen LogP contribution in [0.3, 0.4) is 0 Å². The Labute approximate surface area is 165 Å². The number of benzene rings is 2. The number of fused-ring (bicyclic) bond motifs is 1. The van der Waals surface area contributed by atoms with Crippen LogP contribution in [0.2, 0.25) is 0 Å². The number of amides is 1. The normalized spacial score (nSPS) is 11.0. The van der Waals surface area contributed by atoms with E-state index in [9.17, 15) is 14.0 Å². The number of aromatic nitrogens is 2. The number of anilines is 1. The van der Waals surface area contributed by atoms with Crippen LogP contribution < -0.4 is 10.5 Å². The summed E-state index contributed by atoms with van der Waals surface area (Å²) in [7, 11) is 1.60. The number of carbonyl (C=O) groups is 1. The molecule has 2 aromatic carbocycles. The molecule has 0 aliphatic heterocycles. The van der Waals surface area contributed by atoms with Crippen LogP contribution in [0.4, 0.5) is 10.1 Å². The van der Waals surface area contributed by atoms with Crippen molar-refractivity contribution in [1.82, 2.24) is 9.55 Å². The minimum atomic E-state index is -0.393. The second kappa shape index (κ2) is 7.35. The Morgan fingerprint density at radius 3 is 2.59 bits per heavy atom. The molecule has 7 heteroatoms. The molecule has 0 bridgehead atoms. The monoisotopic (exact) mass is 391 g/mol. The zero-order valence-electron chi connectivity index (χ0n) is 15.9. The first-order valence-corrected chi connectivity index (χ1v) is 9.00. The molecule has 0 radical (unpaired) electrons. The van der Waals surface area contributed by atoms with Crippen LogP contribution in [0, 0.1) is 12.7 Å². The molecule has 1 amide bonds. The number of carbonyl (C=O) groups excluding carboxylic acids is 1. The molecule has 6 nitrogen and oxygen atoms in total. The maximum Gasteiger partial charge on any atom is 0.260 e. The van der Waals surface area contributed by atoms with Crippen LogP contribution >= 0.6 is 0 Å². The summed E-state index contributed by atoms with van der Waals surface area (Å²) in [5.74, 6) is 0.596. The zero-order valence-corrected chi connectivity index (χ0v) is 15.9. The van der Waals surface area contributed by atoms with Gasteiger partial charge in [0.25, 0.3) is 11.5 Å². The molecule has 0 N–H and O–H groups in total. The third kappa shape index (κ3) is 3.67. The number of hydrogen-bond donors (Lipinski definition) is 0. The van der Waals surface area contributed by atoms with Crippen molar-refractivity contribution in [3.8, 4) is 0 Å². The molecule has 29 heavy (non-hydrogen) atoms. The molecular formula is C22H18FN3O3. The Kier molecular flexibility index (Phi) is 4.72. The Morgan fingerprint density at radius 1 is 1.14 bits per heavy atom. The molecule has 0 aliphatic carbocycles. The van der Waals surface area contributed by atoms with Crippen molar-refractivity contribution < 1.29 is 13.6 Å². The van der Waals surface area contributed by atoms with Gasteiger partial charge < -0.3 is 13.9 Å². The SMILES string of the molecule is Cc1ccc(CN(C(=O)c2ccc3ncn(C)c(=O)c3c2)c2ccc(F)cc2)o1. The molecule has 0 aliphatic rings. The van der Waals surface area contributed by atoms with E-state index in [4.69, 9.17) is 4.42 Å². The van der Waals surface area contributed by atoms with E-state index in [-0.39, 0.29) is 18.0 Å². The Morgan fingerprint density at radius 2 is 1.90 bits per heavy atom. The number of halogens is 1. The highest BCUT2D eigenvalue weighted by Crippen LogP contribution is 2.22. The Bertz CT molecular complexity index is 1260. The second-order valence-electron chi connectivity index (χ2n) is 6.77. The van der Waals surface area contributed by atoms with Gasteiger partial charge >= 0.3 is 0 Å². The minimum absolute atomic E-state index is 0.168. The van der Waals surface area contributed by atoms with E-state index in [0.717, 1.165) is 5.76 Å². The van der Waals surface area contributed by atoms with E-state index in [1.807, 2.05) is 13.0 Å². The summed E-state index contributed by atoms with van der Waals surface area (Å²) in [6.45, 7) is 1.99. The summed E-state index contributed by atoms with van der Waals surface area (Å²) in [5, 5.41) is 0.355. The van der Waals surface area contributed by atoms with Gasteiger partial charge in [-0.2, -0.15) is 0 Å². The summed E-state index contributed by atoms with van der Waals surface area (Å²) in [6, 6.07) is 14.1. The predicted octanol–water partition coefficient (Wildman–Crippen LogP) is 3.82. The summed E-state index contributed by atoms with van der Waals surface area (Å²) >= 11 is 0. The third-order valence-corrected chi connectivity index (χ3v) is 4.66. The average Bonchev–Trinajstić information content (AvgIpc) is 3.14. The van der Waals surface area contributed by atoms with Crippen molar-refractivity contribution in [1.29, 1.82) is 0 Å². The fourth-order valence-electron chi connectivity index (χ4n) is 3.13. The van der Waals surface area contributed by atoms with E-state index in [0.29, 0.717) is 27.9 Å². The number of nitrogens with zero attached hydrogens (tertiary/aromatic N) is 3. The average molecular weight is 391 g/mol. The Hall–Kier alpha value is -3.74. The molecule has 0 atom stereocenters. The first kappa shape index (κ1) is 18.6. The molecule has 0 saturated carbocycles. The highest BCUT2D eigenvalue weighted by molar-refractivity contribution is 6.07. The molecule has 0 saturated heterocycles. The number of hydrogen-bond acceptors (Lipinski definition) is 4. The van der Waals surface area contributed by atoms with Crippen LogP contribution in [0.25, 0.3) is 10.9 Å². The topological polar surface area (TPSA) is 68.3 Å². The quantitative estimate of drug-likeness (QED) is 0.530. The maximum absolute atomic E-state index is 13.4. The number of aryl methyl sites for hydroxylation is 2. The van der Waals surface area contributed by atoms with Crippen molar-refractivity contribution in [2.75, 3.05) is 4.90 Å². The van der Waals surface area contributed by atoms with E-state index < -0.39 is 5.82 Å². The summed E-state index contributed by atoms with van der Waals surface area (Å²) in [4.78, 5) is 31.5. The van der Waals surface area contributed by atoms with Gasteiger partial charge in [-0.05, 0) is 61.5 Å². The molecule has 4 aromatic rings. The molecule has 2 aromatic heterocycles. The molecule has 0 fully saturated rings. The summed E-state index contributed by atoms with van der Waals surface area (Å²) in [5.41, 5.74) is 1.12. The lowest BCUT2D eigenvalue weighted by Gasteiger charge is -2.22. The van der Waals surface area contributed by atoms with Crippen molar-refractivity contribution in [3.63, 3.8) is 0 Å². The van der Waals surface area contributed by atoms with Gasteiger partial charge in [0.2, 0.25) is 0 Å². The van der Waals surface area contributed by atoms with Gasteiger partial charge in [0.05, 0.1) is 23.8 Å². The summed E-state index contributed by atoms with van der Waals surface area (Å²) in [6.07, 6.45) is 1.44. The highest BCUT2D eigenvalue weighted by atomic mass is 19.1. The fourth-order valence-corrected chi connectivity index (χ4v) is 3.13. The van der Waals surface area contributed by atoms with Crippen LogP contribution in [-0.2, 0) is 13.6 Å². The van der Waals surface area contributed by atoms with E-state index in [2.05, 4.69) is 4.98 Å². The largest absolute Gasteiger partial charge is 0.464 e. The summed E-state index contributed by atoms with van der Waals surface area (Å²) < 4.78 is 20.4. The van der Waals surface area contributed by atoms with E-state index >= 15 is 0 Å². The Balaban J connectivity index is 1.78. The molecule has 0 spiro atoms. The van der Waals surface area contributed by atoms with Crippen molar-refractivity contribution in [3.05, 3.63) is 94.2 Å². The van der Waals surface area contributed by atoms with Gasteiger partial charge in [-0.15, -0.1) is 0 Å². The molecule has 4 rings (SSSR count). The van der Waals surface area contributed by atoms with Gasteiger partial charge in [0.1, 0.15) is 17.3 Å². The third-order valence-electron chi connectivity index (χ3n) is 4.66. The van der Waals surface area contributed by atoms with Crippen molar-refractivity contribution in [2.24, 2.45) is 7.05 Å². The number of rotatable bonds is 4.